The summed E-state index contributed by atoms with van der Waals surface area (Å²) in [6, 6.07) is 6.55. The number of amides is 1. The van der Waals surface area contributed by atoms with Gasteiger partial charge in [0.15, 0.2) is 0 Å². The number of fused-ring (bicyclic) bond motifs is 1. The molecule has 1 aromatic rings. The van der Waals surface area contributed by atoms with Gasteiger partial charge in [0.25, 0.3) is 0 Å². The highest BCUT2D eigenvalue weighted by Crippen LogP contribution is 2.31. The van der Waals surface area contributed by atoms with Gasteiger partial charge in [0.1, 0.15) is 5.75 Å². The Morgan fingerprint density at radius 2 is 1.96 bits per heavy atom. The molecule has 0 N–H and O–H groups in total. The van der Waals surface area contributed by atoms with Crippen LogP contribution in [0.4, 0.5) is 0 Å². The minimum absolute atomic E-state index is 0. The predicted molar refractivity (Wildman–Crippen MR) is 101 cm³/mol. The van der Waals surface area contributed by atoms with Crippen LogP contribution in [0.1, 0.15) is 38.3 Å². The van der Waals surface area contributed by atoms with E-state index in [9.17, 15) is 4.79 Å². The van der Waals surface area contributed by atoms with Crippen molar-refractivity contribution in [2.24, 2.45) is 0 Å². The molecule has 0 fully saturated rings. The largest absolute Gasteiger partial charge is 0.496 e. The summed E-state index contributed by atoms with van der Waals surface area (Å²) >= 11 is 0. The highest BCUT2D eigenvalue weighted by molar-refractivity contribution is 5.85. The van der Waals surface area contributed by atoms with Crippen molar-refractivity contribution in [2.45, 2.75) is 46.1 Å². The van der Waals surface area contributed by atoms with E-state index in [-0.39, 0.29) is 24.4 Å². The van der Waals surface area contributed by atoms with E-state index in [4.69, 9.17) is 4.74 Å². The summed E-state index contributed by atoms with van der Waals surface area (Å²) in [5.41, 5.74) is 2.65. The Kier molecular flexibility index (Phi) is 8.57. The predicted octanol–water partition coefficient (Wildman–Crippen LogP) is 3.16. The summed E-state index contributed by atoms with van der Waals surface area (Å²) < 4.78 is 5.52. The molecule has 0 radical (unpaired) electrons. The smallest absolute Gasteiger partial charge is 0.219 e. The third kappa shape index (κ3) is 4.87. The van der Waals surface area contributed by atoms with E-state index in [0.717, 1.165) is 51.2 Å². The number of halogens is 1. The normalized spacial score (nSPS) is 16.3. The van der Waals surface area contributed by atoms with Gasteiger partial charge in [-0.1, -0.05) is 26.0 Å². The summed E-state index contributed by atoms with van der Waals surface area (Å²) in [6.45, 7) is 9.85. The fourth-order valence-electron chi connectivity index (χ4n) is 3.58. The third-order valence-electron chi connectivity index (χ3n) is 5.03. The van der Waals surface area contributed by atoms with Crippen molar-refractivity contribution < 1.29 is 9.53 Å². The highest BCUT2D eigenvalue weighted by atomic mass is 35.5. The molecule has 1 aliphatic carbocycles. The highest BCUT2D eigenvalue weighted by Gasteiger charge is 2.27. The fourth-order valence-corrected chi connectivity index (χ4v) is 3.58. The van der Waals surface area contributed by atoms with Crippen LogP contribution < -0.4 is 4.74 Å². The number of aryl methyl sites for hydroxylation is 1. The molecule has 4 nitrogen and oxygen atoms in total. The van der Waals surface area contributed by atoms with Crippen LogP contribution in [-0.4, -0.2) is 55.0 Å². The second-order valence-electron chi connectivity index (χ2n) is 6.23. The van der Waals surface area contributed by atoms with Gasteiger partial charge in [-0.3, -0.25) is 4.79 Å². The SMILES string of the molecule is CCN(CC)CCN(C(C)=O)C1CCc2cccc(OC)c2C1.Cl. The molecule has 1 amide bonds. The zero-order chi connectivity index (χ0) is 16.8. The number of methoxy groups -OCH3 is 1. The van der Waals surface area contributed by atoms with Crippen molar-refractivity contribution >= 4 is 18.3 Å². The lowest BCUT2D eigenvalue weighted by atomic mass is 9.86. The number of hydrogen-bond acceptors (Lipinski definition) is 3. The van der Waals surface area contributed by atoms with E-state index >= 15 is 0 Å². The van der Waals surface area contributed by atoms with Crippen molar-refractivity contribution in [1.82, 2.24) is 9.80 Å². The Hall–Kier alpha value is -1.26. The lowest BCUT2D eigenvalue weighted by molar-refractivity contribution is -0.131. The lowest BCUT2D eigenvalue weighted by Crippen LogP contribution is -2.46. The first-order chi connectivity index (χ1) is 11.1. The van der Waals surface area contributed by atoms with Gasteiger partial charge in [-0.25, -0.2) is 0 Å². The zero-order valence-corrected chi connectivity index (χ0v) is 16.2. The molecule has 0 heterocycles. The van der Waals surface area contributed by atoms with Crippen LogP contribution >= 0.6 is 12.4 Å². The van der Waals surface area contributed by atoms with Gasteiger partial charge in [0.05, 0.1) is 7.11 Å². The molecule has 2 rings (SSSR count). The van der Waals surface area contributed by atoms with Gasteiger partial charge in [-0.05, 0) is 49.5 Å². The Morgan fingerprint density at radius 1 is 1.25 bits per heavy atom. The molecule has 0 spiro atoms. The van der Waals surface area contributed by atoms with E-state index in [2.05, 4.69) is 35.8 Å². The molecule has 5 heteroatoms. The van der Waals surface area contributed by atoms with Gasteiger partial charge >= 0.3 is 0 Å². The second kappa shape index (κ2) is 9.90. The van der Waals surface area contributed by atoms with E-state index in [1.54, 1.807) is 14.0 Å². The number of carbonyl (C=O) groups excluding carboxylic acids is 1. The number of likely N-dealkylation sites (N-methyl/N-ethyl adjacent to an activating group) is 1. The van der Waals surface area contributed by atoms with Crippen LogP contribution in [0.25, 0.3) is 0 Å². The van der Waals surface area contributed by atoms with E-state index in [1.165, 1.54) is 11.1 Å². The van der Waals surface area contributed by atoms with Crippen LogP contribution in [0.15, 0.2) is 18.2 Å². The number of rotatable bonds is 7. The minimum Gasteiger partial charge on any atom is -0.496 e. The maximum absolute atomic E-state index is 12.2. The van der Waals surface area contributed by atoms with Crippen LogP contribution in [-0.2, 0) is 17.6 Å². The lowest BCUT2D eigenvalue weighted by Gasteiger charge is -2.36. The Bertz CT molecular complexity index is 518. The van der Waals surface area contributed by atoms with Gasteiger partial charge in [0, 0.05) is 26.1 Å². The number of carbonyl (C=O) groups is 1. The molecule has 1 aliphatic rings. The molecule has 136 valence electrons. The number of benzene rings is 1. The molecule has 0 aliphatic heterocycles. The Labute approximate surface area is 152 Å². The zero-order valence-electron chi connectivity index (χ0n) is 15.4. The maximum Gasteiger partial charge on any atom is 0.219 e. The summed E-state index contributed by atoms with van der Waals surface area (Å²) in [5, 5.41) is 0. The first kappa shape index (κ1) is 20.8. The molecule has 0 saturated carbocycles. The van der Waals surface area contributed by atoms with Crippen LogP contribution in [0.2, 0.25) is 0 Å². The molecule has 0 saturated heterocycles. The summed E-state index contributed by atoms with van der Waals surface area (Å²) in [7, 11) is 1.72. The van der Waals surface area contributed by atoms with Crippen molar-refractivity contribution in [3.8, 4) is 5.75 Å². The van der Waals surface area contributed by atoms with E-state index in [1.807, 2.05) is 6.07 Å². The topological polar surface area (TPSA) is 32.8 Å². The average molecular weight is 355 g/mol. The first-order valence-corrected chi connectivity index (χ1v) is 8.75. The number of hydrogen-bond donors (Lipinski definition) is 0. The van der Waals surface area contributed by atoms with Crippen LogP contribution in [0.3, 0.4) is 0 Å². The average Bonchev–Trinajstić information content (AvgIpc) is 2.57. The van der Waals surface area contributed by atoms with Crippen molar-refractivity contribution in [3.05, 3.63) is 29.3 Å². The fraction of sp³-hybridized carbons (Fsp3) is 0.632. The number of nitrogens with zero attached hydrogens (tertiary/aromatic N) is 2. The molecule has 0 bridgehead atoms. The van der Waals surface area contributed by atoms with Gasteiger partial charge in [-0.15, -0.1) is 12.4 Å². The van der Waals surface area contributed by atoms with Gasteiger partial charge in [-0.2, -0.15) is 0 Å². The molecular formula is C19H31ClN2O2. The van der Waals surface area contributed by atoms with Gasteiger partial charge < -0.3 is 14.5 Å². The van der Waals surface area contributed by atoms with E-state index in [0.29, 0.717) is 0 Å². The van der Waals surface area contributed by atoms with Gasteiger partial charge in [0.2, 0.25) is 5.91 Å². The third-order valence-corrected chi connectivity index (χ3v) is 5.03. The molecule has 1 unspecified atom stereocenters. The monoisotopic (exact) mass is 354 g/mol. The molecule has 1 aromatic carbocycles. The summed E-state index contributed by atoms with van der Waals surface area (Å²) in [5.74, 6) is 1.14. The van der Waals surface area contributed by atoms with E-state index < -0.39 is 0 Å². The second-order valence-corrected chi connectivity index (χ2v) is 6.23. The van der Waals surface area contributed by atoms with Crippen molar-refractivity contribution in [2.75, 3.05) is 33.3 Å². The molecule has 0 aromatic heterocycles. The maximum atomic E-state index is 12.2. The Morgan fingerprint density at radius 3 is 2.54 bits per heavy atom. The summed E-state index contributed by atoms with van der Waals surface area (Å²) in [6.07, 6.45) is 2.96. The van der Waals surface area contributed by atoms with Crippen molar-refractivity contribution in [3.63, 3.8) is 0 Å². The van der Waals surface area contributed by atoms with Crippen LogP contribution in [0, 0.1) is 0 Å². The first-order valence-electron chi connectivity index (χ1n) is 8.75. The molecular weight excluding hydrogens is 324 g/mol. The molecule has 24 heavy (non-hydrogen) atoms. The Balaban J connectivity index is 0.00000288. The van der Waals surface area contributed by atoms with Crippen molar-refractivity contribution in [1.29, 1.82) is 0 Å². The summed E-state index contributed by atoms with van der Waals surface area (Å²) in [4.78, 5) is 16.6. The minimum atomic E-state index is 0. The number of ether oxygens (including phenoxy) is 1. The quantitative estimate of drug-likeness (QED) is 0.754. The standard InChI is InChI=1S/C19H30N2O2.ClH/c1-5-20(6-2)12-13-21(15(3)22)17-11-10-16-8-7-9-19(23-4)18(16)14-17;/h7-9,17H,5-6,10-14H2,1-4H3;1H. The molecule has 1 atom stereocenters. The van der Waals surface area contributed by atoms with Crippen LogP contribution in [0.5, 0.6) is 5.75 Å².